The van der Waals surface area contributed by atoms with Gasteiger partial charge in [-0.15, -0.1) is 0 Å². The third kappa shape index (κ3) is 5.43. The second-order valence-electron chi connectivity index (χ2n) is 9.46. The zero-order valence-corrected chi connectivity index (χ0v) is 22.2. The largest absolute Gasteiger partial charge is 0.310 e. The third-order valence-corrected chi connectivity index (χ3v) is 6.86. The normalized spacial score (nSPS) is 10.9. The van der Waals surface area contributed by atoms with Gasteiger partial charge in [-0.25, -0.2) is 0 Å². The van der Waals surface area contributed by atoms with Crippen molar-refractivity contribution in [3.8, 4) is 0 Å². The minimum absolute atomic E-state index is 1.12. The molecule has 0 N–H and O–H groups in total. The van der Waals surface area contributed by atoms with Crippen LogP contribution in [-0.2, 0) is 0 Å². The molecule has 6 rings (SSSR count). The molecule has 40 heavy (non-hydrogen) atoms. The van der Waals surface area contributed by atoms with Crippen LogP contribution in [0.5, 0.6) is 0 Å². The Hall–Kier alpha value is -5.34. The van der Waals surface area contributed by atoms with Gasteiger partial charge >= 0.3 is 0 Å². The summed E-state index contributed by atoms with van der Waals surface area (Å²) in [7, 11) is 0. The van der Waals surface area contributed by atoms with Gasteiger partial charge in [0.05, 0.1) is 11.4 Å². The van der Waals surface area contributed by atoms with Crippen LogP contribution in [0.25, 0.3) is 12.2 Å². The Morgan fingerprint density at radius 2 is 0.525 bits per heavy atom. The smallest absolute Gasteiger partial charge is 0.0533 e. The van der Waals surface area contributed by atoms with Crippen LogP contribution >= 0.6 is 0 Å². The van der Waals surface area contributed by atoms with Gasteiger partial charge in [-0.1, -0.05) is 121 Å². The van der Waals surface area contributed by atoms with Gasteiger partial charge in [0.2, 0.25) is 0 Å². The first kappa shape index (κ1) is 25.0. The third-order valence-electron chi connectivity index (χ3n) is 6.86. The van der Waals surface area contributed by atoms with Crippen LogP contribution in [0.4, 0.5) is 34.1 Å². The highest BCUT2D eigenvalue weighted by molar-refractivity contribution is 5.89. The van der Waals surface area contributed by atoms with E-state index in [2.05, 4.69) is 192 Å². The zero-order valence-electron chi connectivity index (χ0n) is 22.2. The molecule has 0 aromatic heterocycles. The van der Waals surface area contributed by atoms with Crippen molar-refractivity contribution in [1.82, 2.24) is 0 Å². The molecule has 192 valence electrons. The van der Waals surface area contributed by atoms with E-state index in [9.17, 15) is 0 Å². The maximum Gasteiger partial charge on any atom is 0.0533 e. The van der Waals surface area contributed by atoms with Crippen molar-refractivity contribution < 1.29 is 0 Å². The molecule has 6 aromatic carbocycles. The first-order valence-corrected chi connectivity index (χ1v) is 13.5. The molecule has 0 unspecified atom stereocenters. The Kier molecular flexibility index (Phi) is 7.50. The second-order valence-corrected chi connectivity index (χ2v) is 9.46. The molecule has 0 atom stereocenters. The SMILES string of the molecule is C(=C\c1ccccc1N(c1ccccc1)c1ccccc1)/c1ccccc1N(c1ccccc1)c1ccccc1. The summed E-state index contributed by atoms with van der Waals surface area (Å²) in [6, 6.07) is 59.3. The molecule has 0 fully saturated rings. The lowest BCUT2D eigenvalue weighted by Gasteiger charge is -2.27. The van der Waals surface area contributed by atoms with Crippen LogP contribution in [0, 0.1) is 0 Å². The van der Waals surface area contributed by atoms with E-state index in [1.165, 1.54) is 0 Å². The average Bonchev–Trinajstić information content (AvgIpc) is 3.04. The molecule has 6 aromatic rings. The lowest BCUT2D eigenvalue weighted by atomic mass is 10.1. The molecule has 0 saturated carbocycles. The minimum atomic E-state index is 1.12. The second kappa shape index (κ2) is 12.0. The van der Waals surface area contributed by atoms with Gasteiger partial charge in [0.1, 0.15) is 0 Å². The Labute approximate surface area is 236 Å². The molecule has 0 aliphatic rings. The summed E-state index contributed by atoms with van der Waals surface area (Å²) in [5.41, 5.74) is 8.99. The molecule has 0 amide bonds. The van der Waals surface area contributed by atoms with Gasteiger partial charge in [-0.3, -0.25) is 0 Å². The fraction of sp³-hybridized carbons (Fsp3) is 0. The number of benzene rings is 6. The summed E-state index contributed by atoms with van der Waals surface area (Å²) in [6.45, 7) is 0. The molecule has 0 bridgehead atoms. The van der Waals surface area contributed by atoms with Gasteiger partial charge in [0, 0.05) is 22.7 Å². The number of rotatable bonds is 8. The van der Waals surface area contributed by atoms with E-state index in [1.807, 2.05) is 0 Å². The van der Waals surface area contributed by atoms with E-state index in [-0.39, 0.29) is 0 Å². The quantitative estimate of drug-likeness (QED) is 0.186. The molecule has 2 nitrogen and oxygen atoms in total. The standard InChI is InChI=1S/C38H30N2/c1-5-19-33(20-6-1)39(34-21-7-2-8-22-34)37-27-15-13-17-31(37)29-30-32-18-14-16-28-38(32)40(35-23-9-3-10-24-35)36-25-11-4-12-26-36/h1-30H/b30-29+. The number of hydrogen-bond donors (Lipinski definition) is 0. The molecule has 0 saturated heterocycles. The van der Waals surface area contributed by atoms with Crippen molar-refractivity contribution >= 4 is 46.3 Å². The van der Waals surface area contributed by atoms with Gasteiger partial charge in [-0.2, -0.15) is 0 Å². The summed E-state index contributed by atoms with van der Waals surface area (Å²) in [4.78, 5) is 4.62. The van der Waals surface area contributed by atoms with E-state index in [0.717, 1.165) is 45.3 Å². The fourth-order valence-corrected chi connectivity index (χ4v) is 5.01. The molecule has 0 radical (unpaired) electrons. The highest BCUT2D eigenvalue weighted by atomic mass is 15.1. The lowest BCUT2D eigenvalue weighted by molar-refractivity contribution is 1.27. The van der Waals surface area contributed by atoms with Gasteiger partial charge in [-0.05, 0) is 71.8 Å². The summed E-state index contributed by atoms with van der Waals surface area (Å²) in [6.07, 6.45) is 4.45. The average molecular weight is 515 g/mol. The Bertz CT molecular complexity index is 1470. The predicted octanol–water partition coefficient (Wildman–Crippen LogP) is 10.8. The highest BCUT2D eigenvalue weighted by Gasteiger charge is 2.16. The number of hydrogen-bond acceptors (Lipinski definition) is 2. The van der Waals surface area contributed by atoms with Crippen molar-refractivity contribution in [2.24, 2.45) is 0 Å². The summed E-state index contributed by atoms with van der Waals surface area (Å²) < 4.78 is 0. The monoisotopic (exact) mass is 514 g/mol. The van der Waals surface area contributed by atoms with Crippen molar-refractivity contribution in [3.63, 3.8) is 0 Å². The summed E-state index contributed by atoms with van der Waals surface area (Å²) in [5, 5.41) is 0. The Morgan fingerprint density at radius 1 is 0.275 bits per heavy atom. The zero-order chi connectivity index (χ0) is 27.0. The van der Waals surface area contributed by atoms with Gasteiger partial charge in [0.25, 0.3) is 0 Å². The maximum atomic E-state index is 2.31. The number of nitrogens with zero attached hydrogens (tertiary/aromatic N) is 2. The van der Waals surface area contributed by atoms with Crippen LogP contribution in [0.3, 0.4) is 0 Å². The molecule has 0 aliphatic heterocycles. The van der Waals surface area contributed by atoms with Gasteiger partial charge < -0.3 is 9.80 Å². The molecular formula is C38H30N2. The molecule has 0 spiro atoms. The van der Waals surface area contributed by atoms with Gasteiger partial charge in [0.15, 0.2) is 0 Å². The van der Waals surface area contributed by atoms with E-state index in [0.29, 0.717) is 0 Å². The Balaban J connectivity index is 1.44. The summed E-state index contributed by atoms with van der Waals surface area (Å²) >= 11 is 0. The molecule has 0 heterocycles. The highest BCUT2D eigenvalue weighted by Crippen LogP contribution is 2.39. The van der Waals surface area contributed by atoms with E-state index in [4.69, 9.17) is 0 Å². The van der Waals surface area contributed by atoms with Crippen LogP contribution in [0.2, 0.25) is 0 Å². The molecule has 0 aliphatic carbocycles. The first-order valence-electron chi connectivity index (χ1n) is 13.5. The fourth-order valence-electron chi connectivity index (χ4n) is 5.01. The lowest BCUT2D eigenvalue weighted by Crippen LogP contribution is -2.11. The van der Waals surface area contributed by atoms with E-state index >= 15 is 0 Å². The van der Waals surface area contributed by atoms with Crippen LogP contribution in [-0.4, -0.2) is 0 Å². The van der Waals surface area contributed by atoms with E-state index in [1.54, 1.807) is 0 Å². The summed E-state index contributed by atoms with van der Waals surface area (Å²) in [5.74, 6) is 0. The van der Waals surface area contributed by atoms with E-state index < -0.39 is 0 Å². The molecule has 2 heteroatoms. The Morgan fingerprint density at radius 3 is 0.825 bits per heavy atom. The molecular weight excluding hydrogens is 484 g/mol. The topological polar surface area (TPSA) is 6.48 Å². The van der Waals surface area contributed by atoms with Crippen molar-refractivity contribution in [2.75, 3.05) is 9.80 Å². The number of para-hydroxylation sites is 6. The van der Waals surface area contributed by atoms with Crippen LogP contribution in [0.1, 0.15) is 11.1 Å². The van der Waals surface area contributed by atoms with Crippen molar-refractivity contribution in [1.29, 1.82) is 0 Å². The van der Waals surface area contributed by atoms with Crippen molar-refractivity contribution in [2.45, 2.75) is 0 Å². The van der Waals surface area contributed by atoms with Crippen LogP contribution < -0.4 is 9.80 Å². The first-order chi connectivity index (χ1) is 19.9. The maximum absolute atomic E-state index is 2.31. The van der Waals surface area contributed by atoms with Crippen LogP contribution in [0.15, 0.2) is 170 Å². The number of anilines is 6. The minimum Gasteiger partial charge on any atom is -0.310 e. The van der Waals surface area contributed by atoms with Crippen molar-refractivity contribution in [3.05, 3.63) is 181 Å². The predicted molar refractivity (Wildman–Crippen MR) is 171 cm³/mol.